The van der Waals surface area contributed by atoms with E-state index in [4.69, 9.17) is 9.97 Å². The van der Waals surface area contributed by atoms with Gasteiger partial charge < -0.3 is 0 Å². The van der Waals surface area contributed by atoms with E-state index in [1.807, 2.05) is 17.5 Å². The predicted molar refractivity (Wildman–Crippen MR) is 198 cm³/mol. The summed E-state index contributed by atoms with van der Waals surface area (Å²) in [6.45, 7) is 6.65. The van der Waals surface area contributed by atoms with E-state index in [2.05, 4.69) is 142 Å². The summed E-state index contributed by atoms with van der Waals surface area (Å²) in [4.78, 5) is 10.3. The normalized spacial score (nSPS) is 11.8. The van der Waals surface area contributed by atoms with E-state index >= 15 is 0 Å². The van der Waals surface area contributed by atoms with Crippen molar-refractivity contribution in [3.05, 3.63) is 144 Å². The standard InChI is InChI=1S/C43H30N2S/c1-25-21-26(2)39(27(3)22-25)37-20-10-19-36-35-18-9-17-30(42(35)46-43(36)37)28-11-8-12-29(23-28)38-24-44-40-33-15-6-4-13-31(33)32-14-5-7-16-34(32)41(40)45-38/h4-24H,1-3H3. The van der Waals surface area contributed by atoms with Crippen molar-refractivity contribution < 1.29 is 0 Å². The van der Waals surface area contributed by atoms with Crippen LogP contribution in [0.5, 0.6) is 0 Å². The van der Waals surface area contributed by atoms with Crippen LogP contribution in [-0.2, 0) is 0 Å². The Hall–Kier alpha value is -5.38. The van der Waals surface area contributed by atoms with E-state index in [1.165, 1.54) is 69.9 Å². The summed E-state index contributed by atoms with van der Waals surface area (Å²) in [5.74, 6) is 0. The van der Waals surface area contributed by atoms with Crippen LogP contribution >= 0.6 is 11.3 Å². The second-order valence-electron chi connectivity index (χ2n) is 12.4. The zero-order chi connectivity index (χ0) is 30.9. The highest BCUT2D eigenvalue weighted by Crippen LogP contribution is 2.45. The van der Waals surface area contributed by atoms with Gasteiger partial charge in [0.15, 0.2) is 0 Å². The highest BCUT2D eigenvalue weighted by molar-refractivity contribution is 7.26. The van der Waals surface area contributed by atoms with Crippen LogP contribution in [-0.4, -0.2) is 9.97 Å². The molecule has 7 aromatic carbocycles. The Bertz CT molecular complexity index is 2620. The van der Waals surface area contributed by atoms with Crippen LogP contribution in [0.4, 0.5) is 0 Å². The van der Waals surface area contributed by atoms with Gasteiger partial charge in [-0.2, -0.15) is 0 Å². The largest absolute Gasteiger partial charge is 0.252 e. The molecule has 0 saturated heterocycles. The molecule has 0 saturated carbocycles. The van der Waals surface area contributed by atoms with Crippen molar-refractivity contribution in [1.82, 2.24) is 9.97 Å². The minimum atomic E-state index is 0.880. The minimum Gasteiger partial charge on any atom is -0.252 e. The van der Waals surface area contributed by atoms with Gasteiger partial charge in [0.05, 0.1) is 22.9 Å². The average Bonchev–Trinajstić information content (AvgIpc) is 3.48. The van der Waals surface area contributed by atoms with Gasteiger partial charge in [0.2, 0.25) is 0 Å². The summed E-state index contributed by atoms with van der Waals surface area (Å²) in [5.41, 5.74) is 12.9. The maximum absolute atomic E-state index is 5.26. The molecule has 46 heavy (non-hydrogen) atoms. The maximum Gasteiger partial charge on any atom is 0.0979 e. The van der Waals surface area contributed by atoms with E-state index in [0.29, 0.717) is 0 Å². The van der Waals surface area contributed by atoms with E-state index < -0.39 is 0 Å². The van der Waals surface area contributed by atoms with Crippen molar-refractivity contribution in [3.63, 3.8) is 0 Å². The number of rotatable bonds is 3. The monoisotopic (exact) mass is 606 g/mol. The van der Waals surface area contributed by atoms with Gasteiger partial charge in [-0.15, -0.1) is 11.3 Å². The fraction of sp³-hybridized carbons (Fsp3) is 0.0698. The molecule has 0 fully saturated rings. The Balaban J connectivity index is 1.22. The van der Waals surface area contributed by atoms with Crippen LogP contribution in [0.3, 0.4) is 0 Å². The zero-order valence-corrected chi connectivity index (χ0v) is 26.7. The lowest BCUT2D eigenvalue weighted by Gasteiger charge is -2.12. The molecule has 2 nitrogen and oxygen atoms in total. The molecule has 0 amide bonds. The van der Waals surface area contributed by atoms with E-state index in [9.17, 15) is 0 Å². The molecule has 0 spiro atoms. The number of hydrogen-bond donors (Lipinski definition) is 0. The quantitative estimate of drug-likeness (QED) is 0.187. The van der Waals surface area contributed by atoms with Crippen molar-refractivity contribution in [2.75, 3.05) is 0 Å². The molecule has 0 atom stereocenters. The number of benzene rings is 7. The number of thiophene rings is 1. The summed E-state index contributed by atoms with van der Waals surface area (Å²) in [6.07, 6.45) is 1.93. The van der Waals surface area contributed by atoms with Gasteiger partial charge >= 0.3 is 0 Å². The first-order chi connectivity index (χ1) is 22.5. The molecule has 0 aliphatic carbocycles. The molecule has 0 aliphatic rings. The zero-order valence-electron chi connectivity index (χ0n) is 25.9. The Kier molecular flexibility index (Phi) is 6.06. The van der Waals surface area contributed by atoms with Crippen molar-refractivity contribution in [2.45, 2.75) is 20.8 Å². The molecule has 0 radical (unpaired) electrons. The van der Waals surface area contributed by atoms with Crippen molar-refractivity contribution >= 4 is 64.1 Å². The van der Waals surface area contributed by atoms with Gasteiger partial charge in [0, 0.05) is 42.1 Å². The second-order valence-corrected chi connectivity index (χ2v) is 13.4. The number of fused-ring (bicyclic) bond motifs is 9. The third kappa shape index (κ3) is 4.09. The van der Waals surface area contributed by atoms with E-state index in [-0.39, 0.29) is 0 Å². The number of aromatic nitrogens is 2. The first kappa shape index (κ1) is 27.0. The summed E-state index contributed by atoms with van der Waals surface area (Å²) in [5, 5.41) is 7.30. The Morgan fingerprint density at radius 3 is 1.72 bits per heavy atom. The summed E-state index contributed by atoms with van der Waals surface area (Å²) >= 11 is 1.90. The molecule has 0 bridgehead atoms. The number of nitrogens with zero attached hydrogens (tertiary/aromatic N) is 2. The lowest BCUT2D eigenvalue weighted by atomic mass is 9.93. The first-order valence-electron chi connectivity index (χ1n) is 15.7. The molecule has 9 aromatic rings. The topological polar surface area (TPSA) is 25.8 Å². The van der Waals surface area contributed by atoms with Crippen molar-refractivity contribution in [2.24, 2.45) is 0 Å². The molecule has 3 heteroatoms. The van der Waals surface area contributed by atoms with E-state index in [1.54, 1.807) is 0 Å². The van der Waals surface area contributed by atoms with Crippen LogP contribution in [0.1, 0.15) is 16.7 Å². The van der Waals surface area contributed by atoms with Gasteiger partial charge in [-0.3, -0.25) is 4.98 Å². The smallest absolute Gasteiger partial charge is 0.0979 e. The van der Waals surface area contributed by atoms with Crippen LogP contribution in [0, 0.1) is 20.8 Å². The van der Waals surface area contributed by atoms with Crippen LogP contribution < -0.4 is 0 Å². The summed E-state index contributed by atoms with van der Waals surface area (Å²) in [7, 11) is 0. The lowest BCUT2D eigenvalue weighted by Crippen LogP contribution is -1.92. The third-order valence-electron chi connectivity index (χ3n) is 9.37. The molecule has 2 aromatic heterocycles. The molecule has 218 valence electrons. The molecular formula is C43H30N2S. The van der Waals surface area contributed by atoms with Crippen LogP contribution in [0.15, 0.2) is 128 Å². The number of aryl methyl sites for hydroxylation is 3. The van der Waals surface area contributed by atoms with Gasteiger partial charge in [0.1, 0.15) is 0 Å². The van der Waals surface area contributed by atoms with Crippen molar-refractivity contribution in [1.29, 1.82) is 0 Å². The predicted octanol–water partition coefficient (Wildman–Crippen LogP) is 12.2. The van der Waals surface area contributed by atoms with Gasteiger partial charge in [0.25, 0.3) is 0 Å². The van der Waals surface area contributed by atoms with Gasteiger partial charge in [-0.05, 0) is 65.4 Å². The molecule has 0 N–H and O–H groups in total. The summed E-state index contributed by atoms with van der Waals surface area (Å²) in [6, 6.07) is 43.9. The highest BCUT2D eigenvalue weighted by atomic mass is 32.1. The second kappa shape index (κ2) is 10.3. The van der Waals surface area contributed by atoms with Crippen molar-refractivity contribution in [3.8, 4) is 33.5 Å². The molecule has 2 heterocycles. The minimum absolute atomic E-state index is 0.880. The number of hydrogen-bond acceptors (Lipinski definition) is 3. The molecular weight excluding hydrogens is 577 g/mol. The SMILES string of the molecule is Cc1cc(C)c(-c2cccc3c2sc2c(-c4cccc(-c5cnc6c7ccccc7c7ccccc7c6n5)c4)cccc23)c(C)c1. The fourth-order valence-electron chi connectivity index (χ4n) is 7.46. The Morgan fingerprint density at radius 2 is 1.02 bits per heavy atom. The van der Waals surface area contributed by atoms with Gasteiger partial charge in [-0.1, -0.05) is 121 Å². The van der Waals surface area contributed by atoms with Crippen LogP contribution in [0.25, 0.3) is 86.3 Å². The highest BCUT2D eigenvalue weighted by Gasteiger charge is 2.17. The van der Waals surface area contributed by atoms with Crippen LogP contribution in [0.2, 0.25) is 0 Å². The summed E-state index contributed by atoms with van der Waals surface area (Å²) < 4.78 is 2.65. The molecule has 9 rings (SSSR count). The maximum atomic E-state index is 5.26. The molecule has 0 aliphatic heterocycles. The first-order valence-corrected chi connectivity index (χ1v) is 16.6. The van der Waals surface area contributed by atoms with Gasteiger partial charge in [-0.25, -0.2) is 4.98 Å². The third-order valence-corrected chi connectivity index (χ3v) is 10.7. The fourth-order valence-corrected chi connectivity index (χ4v) is 8.81. The lowest BCUT2D eigenvalue weighted by molar-refractivity contribution is 1.31. The average molecular weight is 607 g/mol. The Labute approximate surface area is 271 Å². The molecule has 0 unspecified atom stereocenters. The Morgan fingerprint density at radius 1 is 0.478 bits per heavy atom. The van der Waals surface area contributed by atoms with E-state index in [0.717, 1.165) is 33.1 Å².